The molecule has 1 aromatic rings. The van der Waals surface area contributed by atoms with Gasteiger partial charge in [0.25, 0.3) is 0 Å². The fourth-order valence-corrected chi connectivity index (χ4v) is 5.96. The molecule has 7 rings (SSSR count). The van der Waals surface area contributed by atoms with Crippen molar-refractivity contribution >= 4 is 17.6 Å². The highest BCUT2D eigenvalue weighted by molar-refractivity contribution is 5.79. The van der Waals surface area contributed by atoms with Gasteiger partial charge in [-0.3, -0.25) is 4.79 Å². The third-order valence-corrected chi connectivity index (χ3v) is 7.77. The summed E-state index contributed by atoms with van der Waals surface area (Å²) < 4.78 is 5.59. The summed E-state index contributed by atoms with van der Waals surface area (Å²) in [5, 5.41) is 2.97. The number of ether oxygens (including phenoxy) is 1. The Morgan fingerprint density at radius 1 is 0.967 bits per heavy atom. The van der Waals surface area contributed by atoms with Gasteiger partial charge in [-0.05, 0) is 48.8 Å². The van der Waals surface area contributed by atoms with Crippen LogP contribution >= 0.6 is 0 Å². The molecule has 1 unspecified atom stereocenters. The number of carbonyl (C=O) groups is 2. The molecule has 1 aliphatic carbocycles. The highest BCUT2D eigenvalue weighted by Gasteiger charge is 2.40. The summed E-state index contributed by atoms with van der Waals surface area (Å²) >= 11 is 0. The largest absolute Gasteiger partial charge is 0.371 e. The number of likely N-dealkylation sites (tertiary alicyclic amines) is 2. The maximum atomic E-state index is 12.9. The molecule has 0 aromatic heterocycles. The van der Waals surface area contributed by atoms with Crippen LogP contribution in [0.5, 0.6) is 0 Å². The zero-order valence-electron chi connectivity index (χ0n) is 17.3. The molecule has 1 aromatic carbocycles. The third kappa shape index (κ3) is 3.23. The predicted molar refractivity (Wildman–Crippen MR) is 112 cm³/mol. The molecule has 1 N–H and O–H groups in total. The third-order valence-electron chi connectivity index (χ3n) is 7.77. The second-order valence-corrected chi connectivity index (χ2v) is 9.84. The van der Waals surface area contributed by atoms with Gasteiger partial charge in [-0.25, -0.2) is 4.79 Å². The average Bonchev–Trinajstić information content (AvgIpc) is 2.72. The molecule has 6 aliphatic rings. The van der Waals surface area contributed by atoms with Gasteiger partial charge in [0, 0.05) is 50.9 Å². The van der Waals surface area contributed by atoms with Crippen molar-refractivity contribution in [2.75, 3.05) is 50.8 Å². The number of amides is 3. The van der Waals surface area contributed by atoms with Gasteiger partial charge < -0.3 is 24.8 Å². The van der Waals surface area contributed by atoms with Gasteiger partial charge in [-0.2, -0.15) is 0 Å². The van der Waals surface area contributed by atoms with Crippen molar-refractivity contribution in [1.82, 2.24) is 15.1 Å². The van der Waals surface area contributed by atoms with E-state index in [9.17, 15) is 9.59 Å². The summed E-state index contributed by atoms with van der Waals surface area (Å²) in [5.41, 5.74) is 2.68. The van der Waals surface area contributed by atoms with E-state index in [2.05, 4.69) is 34.5 Å². The molecule has 1 saturated carbocycles. The Morgan fingerprint density at radius 3 is 2.43 bits per heavy atom. The van der Waals surface area contributed by atoms with Gasteiger partial charge in [0.05, 0.1) is 12.1 Å². The number of morpholine rings is 1. The minimum atomic E-state index is -0.0837. The van der Waals surface area contributed by atoms with Crippen molar-refractivity contribution in [2.45, 2.75) is 37.3 Å². The van der Waals surface area contributed by atoms with Crippen LogP contribution in [0.15, 0.2) is 24.3 Å². The van der Waals surface area contributed by atoms with Gasteiger partial charge in [-0.1, -0.05) is 12.1 Å². The van der Waals surface area contributed by atoms with Crippen molar-refractivity contribution in [2.24, 2.45) is 11.8 Å². The first-order valence-corrected chi connectivity index (χ1v) is 11.4. The van der Waals surface area contributed by atoms with Crippen LogP contribution in [0.2, 0.25) is 0 Å². The molecule has 0 spiro atoms. The first-order chi connectivity index (χ1) is 14.6. The number of anilines is 1. The lowest BCUT2D eigenvalue weighted by molar-refractivity contribution is -0.139. The number of carbonyl (C=O) groups excluding carboxylic acids is 2. The van der Waals surface area contributed by atoms with Gasteiger partial charge in [0.2, 0.25) is 5.91 Å². The van der Waals surface area contributed by atoms with E-state index in [4.69, 9.17) is 4.74 Å². The molecule has 2 bridgehead atoms. The number of hydrogen-bond acceptors (Lipinski definition) is 4. The summed E-state index contributed by atoms with van der Waals surface area (Å²) in [5.74, 6) is 2.16. The monoisotopic (exact) mass is 410 g/mol. The number of nitrogens with zero attached hydrogens (tertiary/aromatic N) is 3. The number of fused-ring (bicyclic) bond motifs is 3. The normalized spacial score (nSPS) is 33.3. The van der Waals surface area contributed by atoms with Gasteiger partial charge in [-0.15, -0.1) is 0 Å². The smallest absolute Gasteiger partial charge is 0.320 e. The van der Waals surface area contributed by atoms with Crippen molar-refractivity contribution in [3.63, 3.8) is 0 Å². The van der Waals surface area contributed by atoms with Gasteiger partial charge in [0.1, 0.15) is 6.61 Å². The van der Waals surface area contributed by atoms with Gasteiger partial charge >= 0.3 is 6.03 Å². The molecule has 160 valence electrons. The number of urea groups is 1. The summed E-state index contributed by atoms with van der Waals surface area (Å²) in [4.78, 5) is 30.8. The maximum Gasteiger partial charge on any atom is 0.320 e. The fourth-order valence-electron chi connectivity index (χ4n) is 5.96. The van der Waals surface area contributed by atoms with Crippen LogP contribution in [0.25, 0.3) is 0 Å². The molecular weight excluding hydrogens is 380 g/mol. The van der Waals surface area contributed by atoms with E-state index in [0.717, 1.165) is 31.3 Å². The Labute approximate surface area is 177 Å². The molecule has 2 atom stereocenters. The second-order valence-electron chi connectivity index (χ2n) is 9.84. The van der Waals surface area contributed by atoms with Crippen LogP contribution < -0.4 is 10.2 Å². The summed E-state index contributed by atoms with van der Waals surface area (Å²) in [7, 11) is 0. The van der Waals surface area contributed by atoms with Crippen molar-refractivity contribution in [3.8, 4) is 0 Å². The SMILES string of the molecule is O=C1COC2CCN(C(=O)N3CC(c4ccc(N5CC6CC(C6)C5)cc4)C3)C[C@H]2N1. The van der Waals surface area contributed by atoms with Crippen LogP contribution in [0, 0.1) is 11.8 Å². The Kier molecular flexibility index (Phi) is 4.41. The molecule has 6 fully saturated rings. The molecule has 5 saturated heterocycles. The minimum Gasteiger partial charge on any atom is -0.371 e. The summed E-state index contributed by atoms with van der Waals surface area (Å²) in [6, 6.07) is 9.05. The van der Waals surface area contributed by atoms with Crippen LogP contribution in [0.3, 0.4) is 0 Å². The number of piperidine rings is 3. The van der Waals surface area contributed by atoms with Crippen LogP contribution in [0.4, 0.5) is 10.5 Å². The number of nitrogens with one attached hydrogen (secondary N) is 1. The Morgan fingerprint density at radius 2 is 1.70 bits per heavy atom. The molecule has 3 amide bonds. The van der Waals surface area contributed by atoms with Crippen molar-refractivity contribution in [1.29, 1.82) is 0 Å². The first-order valence-electron chi connectivity index (χ1n) is 11.4. The van der Waals surface area contributed by atoms with E-state index in [-0.39, 0.29) is 30.7 Å². The zero-order valence-corrected chi connectivity index (χ0v) is 17.3. The number of benzene rings is 1. The first kappa shape index (κ1) is 18.5. The van der Waals surface area contributed by atoms with Crippen LogP contribution in [-0.4, -0.2) is 79.8 Å². The lowest BCUT2D eigenvalue weighted by atomic mass is 9.71. The lowest BCUT2D eigenvalue weighted by Gasteiger charge is -2.48. The minimum absolute atomic E-state index is 0.0419. The topological polar surface area (TPSA) is 65.1 Å². The molecule has 7 nitrogen and oxygen atoms in total. The van der Waals surface area contributed by atoms with E-state index >= 15 is 0 Å². The number of hydrogen-bond donors (Lipinski definition) is 1. The Balaban J connectivity index is 1.02. The average molecular weight is 411 g/mol. The van der Waals surface area contributed by atoms with Crippen LogP contribution in [0.1, 0.15) is 30.7 Å². The highest BCUT2D eigenvalue weighted by atomic mass is 16.5. The van der Waals surface area contributed by atoms with E-state index in [1.807, 2.05) is 9.80 Å². The standard InChI is InChI=1S/C23H30N4O3/c28-22-14-30-21-5-6-25(13-20(21)24-22)23(29)27-11-18(12-27)17-1-3-19(4-2-17)26-9-15-7-16(8-15)10-26/h1-4,15-16,18,20-21H,5-14H2,(H,24,28)/t15?,16?,20-,21?/m1/s1. The fraction of sp³-hybridized carbons (Fsp3) is 0.652. The van der Waals surface area contributed by atoms with Crippen molar-refractivity contribution < 1.29 is 14.3 Å². The lowest BCUT2D eigenvalue weighted by Crippen LogP contribution is -2.63. The molecule has 30 heavy (non-hydrogen) atoms. The molecule has 0 radical (unpaired) electrons. The second kappa shape index (κ2) is 7.15. The summed E-state index contributed by atoms with van der Waals surface area (Å²) in [6.07, 6.45) is 3.69. The maximum absolute atomic E-state index is 12.9. The molecule has 5 aliphatic heterocycles. The Bertz CT molecular complexity index is 821. The van der Waals surface area contributed by atoms with E-state index in [1.54, 1.807) is 0 Å². The Hall–Kier alpha value is -2.28. The van der Waals surface area contributed by atoms with Crippen LogP contribution in [-0.2, 0) is 9.53 Å². The quantitative estimate of drug-likeness (QED) is 0.805. The van der Waals surface area contributed by atoms with Gasteiger partial charge in [0.15, 0.2) is 0 Å². The molecular formula is C23H30N4O3. The van der Waals surface area contributed by atoms with E-state index < -0.39 is 0 Å². The molecule has 7 heteroatoms. The predicted octanol–water partition coefficient (Wildman–Crippen LogP) is 1.64. The van der Waals surface area contributed by atoms with E-state index in [0.29, 0.717) is 19.0 Å². The van der Waals surface area contributed by atoms with Crippen molar-refractivity contribution in [3.05, 3.63) is 29.8 Å². The highest BCUT2D eigenvalue weighted by Crippen LogP contribution is 2.41. The molecule has 5 heterocycles. The van der Waals surface area contributed by atoms with E-state index in [1.165, 1.54) is 37.2 Å². The number of rotatable bonds is 2. The zero-order chi connectivity index (χ0) is 20.2. The summed E-state index contributed by atoms with van der Waals surface area (Å²) in [6.45, 7) is 5.36.